The number of hydrogen-bond donors (Lipinski definition) is 1. The van der Waals surface area contributed by atoms with Gasteiger partial charge >= 0.3 is 6.09 Å². The second kappa shape index (κ2) is 7.77. The number of nitrogens with two attached hydrogens (primary N) is 1. The summed E-state index contributed by atoms with van der Waals surface area (Å²) in [5.74, 6) is -0.0129. The number of amides is 1. The average Bonchev–Trinajstić information content (AvgIpc) is 2.39. The number of hydrogen-bond acceptors (Lipinski definition) is 6. The predicted molar refractivity (Wildman–Crippen MR) is 71.5 cm³/mol. The maximum Gasteiger partial charge on any atom is 0.404 e. The average molecular weight is 311 g/mol. The fraction of sp³-hybridized carbons (Fsp3) is 0.909. The van der Waals surface area contributed by atoms with E-state index in [1.54, 1.807) is 0 Å². The van der Waals surface area contributed by atoms with Crippen molar-refractivity contribution in [2.24, 2.45) is 5.73 Å². The van der Waals surface area contributed by atoms with E-state index in [-0.39, 0.29) is 12.4 Å². The highest BCUT2D eigenvalue weighted by atomic mass is 32.2. The number of quaternary nitrogens is 1. The Bertz CT molecular complexity index is 405. The van der Waals surface area contributed by atoms with E-state index < -0.39 is 16.2 Å². The zero-order chi connectivity index (χ0) is 15.1. The number of ether oxygens (including phenoxy) is 2. The fourth-order valence-corrected chi connectivity index (χ4v) is 2.94. The molecule has 0 saturated carbocycles. The predicted octanol–water partition coefficient (Wildman–Crippen LogP) is -0.705. The fourth-order valence-electron chi connectivity index (χ4n) is 2.29. The molecule has 20 heavy (non-hydrogen) atoms. The van der Waals surface area contributed by atoms with Crippen LogP contribution < -0.4 is 5.73 Å². The van der Waals surface area contributed by atoms with Gasteiger partial charge in [-0.2, -0.15) is 8.42 Å². The van der Waals surface area contributed by atoms with Crippen LogP contribution in [0.3, 0.4) is 0 Å². The molecule has 1 fully saturated rings. The van der Waals surface area contributed by atoms with Gasteiger partial charge in [0.05, 0.1) is 32.6 Å². The lowest BCUT2D eigenvalue weighted by Gasteiger charge is -2.41. The van der Waals surface area contributed by atoms with Crippen LogP contribution in [0.5, 0.6) is 0 Å². The molecule has 118 valence electrons. The molecule has 9 heteroatoms. The van der Waals surface area contributed by atoms with Gasteiger partial charge < -0.3 is 19.7 Å². The molecule has 0 atom stereocenters. The largest absolute Gasteiger partial charge is 0.444 e. The molecule has 2 N–H and O–H groups in total. The standard InChI is InChI=1S/C11H22N2O6S/c1-17-20(15,16)10-2-3-13(4-7-18-8-5-13)6-9-19-11(12)14/h2-10H2,1H3,(H-,12,14)/p+1. The minimum absolute atomic E-state index is 0.0129. The Morgan fingerprint density at radius 3 is 2.50 bits per heavy atom. The number of nitrogens with zero attached hydrogens (tertiary/aromatic N) is 1. The van der Waals surface area contributed by atoms with Crippen LogP contribution in [0.25, 0.3) is 0 Å². The van der Waals surface area contributed by atoms with E-state index >= 15 is 0 Å². The monoisotopic (exact) mass is 311 g/mol. The molecule has 1 rings (SSSR count). The van der Waals surface area contributed by atoms with Gasteiger partial charge in [0.2, 0.25) is 0 Å². The van der Waals surface area contributed by atoms with Gasteiger partial charge in [-0.1, -0.05) is 0 Å². The summed E-state index contributed by atoms with van der Waals surface area (Å²) in [5.41, 5.74) is 4.94. The first-order valence-electron chi connectivity index (χ1n) is 6.52. The molecule has 8 nitrogen and oxygen atoms in total. The first kappa shape index (κ1) is 17.2. The quantitative estimate of drug-likeness (QED) is 0.469. The van der Waals surface area contributed by atoms with Crippen molar-refractivity contribution < 1.29 is 31.4 Å². The molecule has 0 aromatic carbocycles. The van der Waals surface area contributed by atoms with Gasteiger partial charge in [0, 0.05) is 6.42 Å². The number of carbonyl (C=O) groups excluding carboxylic acids is 1. The lowest BCUT2D eigenvalue weighted by Crippen LogP contribution is -2.57. The van der Waals surface area contributed by atoms with Crippen LogP contribution in [0.1, 0.15) is 6.42 Å². The molecule has 0 bridgehead atoms. The van der Waals surface area contributed by atoms with Crippen molar-refractivity contribution in [1.29, 1.82) is 0 Å². The van der Waals surface area contributed by atoms with Crippen molar-refractivity contribution in [3.8, 4) is 0 Å². The third kappa shape index (κ3) is 6.04. The van der Waals surface area contributed by atoms with Gasteiger partial charge in [-0.3, -0.25) is 4.18 Å². The van der Waals surface area contributed by atoms with Crippen LogP contribution in [0.2, 0.25) is 0 Å². The zero-order valence-corrected chi connectivity index (χ0v) is 12.6. The second-order valence-electron chi connectivity index (χ2n) is 4.80. The first-order chi connectivity index (χ1) is 9.39. The lowest BCUT2D eigenvalue weighted by molar-refractivity contribution is -0.935. The molecule has 0 unspecified atom stereocenters. The third-order valence-electron chi connectivity index (χ3n) is 3.51. The van der Waals surface area contributed by atoms with Crippen LogP contribution in [0.15, 0.2) is 0 Å². The van der Waals surface area contributed by atoms with Gasteiger partial charge in [0.15, 0.2) is 0 Å². The second-order valence-corrected chi connectivity index (χ2v) is 6.65. The van der Waals surface area contributed by atoms with Crippen molar-refractivity contribution in [1.82, 2.24) is 0 Å². The summed E-state index contributed by atoms with van der Waals surface area (Å²) in [6.45, 7) is 4.30. The normalized spacial score (nSPS) is 18.6. The Morgan fingerprint density at radius 1 is 1.30 bits per heavy atom. The summed E-state index contributed by atoms with van der Waals surface area (Å²) in [7, 11) is -2.27. The molecular weight excluding hydrogens is 288 g/mol. The number of primary amides is 1. The Kier molecular flexibility index (Phi) is 6.66. The summed E-state index contributed by atoms with van der Waals surface area (Å²) in [6.07, 6.45) is -0.300. The molecule has 1 heterocycles. The van der Waals surface area contributed by atoms with Crippen LogP contribution in [0.4, 0.5) is 4.79 Å². The Morgan fingerprint density at radius 2 is 1.95 bits per heavy atom. The van der Waals surface area contributed by atoms with Crippen molar-refractivity contribution in [2.45, 2.75) is 6.42 Å². The summed E-state index contributed by atoms with van der Waals surface area (Å²) in [4.78, 5) is 10.6. The number of carbonyl (C=O) groups is 1. The molecule has 0 spiro atoms. The number of morpholine rings is 1. The molecule has 0 aromatic heterocycles. The molecular formula is C11H23N2O6S+. The summed E-state index contributed by atoms with van der Waals surface area (Å²) in [5, 5.41) is 0. The maximum absolute atomic E-state index is 11.3. The summed E-state index contributed by atoms with van der Waals surface area (Å²) in [6, 6.07) is 0. The summed E-state index contributed by atoms with van der Waals surface area (Å²) >= 11 is 0. The zero-order valence-electron chi connectivity index (χ0n) is 11.7. The van der Waals surface area contributed by atoms with E-state index in [1.165, 1.54) is 0 Å². The van der Waals surface area contributed by atoms with E-state index in [0.717, 1.165) is 20.2 Å². The highest BCUT2D eigenvalue weighted by Crippen LogP contribution is 2.13. The van der Waals surface area contributed by atoms with Crippen LogP contribution in [-0.4, -0.2) is 77.9 Å². The van der Waals surface area contributed by atoms with Gasteiger partial charge in [0.1, 0.15) is 26.2 Å². The SMILES string of the molecule is COS(=O)(=O)CCC[N+]1(CCOC(N)=O)CCOCC1. The van der Waals surface area contributed by atoms with Crippen molar-refractivity contribution in [3.63, 3.8) is 0 Å². The van der Waals surface area contributed by atoms with Gasteiger partial charge in [-0.15, -0.1) is 0 Å². The van der Waals surface area contributed by atoms with Crippen LogP contribution in [-0.2, 0) is 23.8 Å². The van der Waals surface area contributed by atoms with Crippen molar-refractivity contribution in [2.75, 3.05) is 58.9 Å². The topological polar surface area (TPSA) is 105 Å². The highest BCUT2D eigenvalue weighted by molar-refractivity contribution is 7.86. The van der Waals surface area contributed by atoms with E-state index in [1.807, 2.05) is 0 Å². The molecule has 1 amide bonds. The van der Waals surface area contributed by atoms with Gasteiger partial charge in [0.25, 0.3) is 10.1 Å². The Balaban J connectivity index is 2.48. The van der Waals surface area contributed by atoms with E-state index in [0.29, 0.717) is 37.2 Å². The van der Waals surface area contributed by atoms with Crippen LogP contribution >= 0.6 is 0 Å². The third-order valence-corrected chi connectivity index (χ3v) is 4.81. The lowest BCUT2D eigenvalue weighted by atomic mass is 10.2. The smallest absolute Gasteiger partial charge is 0.404 e. The summed E-state index contributed by atoms with van der Waals surface area (Å²) < 4.78 is 37.8. The Hall–Kier alpha value is -0.900. The molecule has 0 radical (unpaired) electrons. The molecule has 0 aromatic rings. The van der Waals surface area contributed by atoms with Gasteiger partial charge in [-0.25, -0.2) is 4.79 Å². The molecule has 0 aliphatic carbocycles. The van der Waals surface area contributed by atoms with E-state index in [2.05, 4.69) is 4.18 Å². The van der Waals surface area contributed by atoms with Gasteiger partial charge in [-0.05, 0) is 0 Å². The van der Waals surface area contributed by atoms with Crippen molar-refractivity contribution in [3.05, 3.63) is 0 Å². The van der Waals surface area contributed by atoms with E-state index in [4.69, 9.17) is 15.2 Å². The van der Waals surface area contributed by atoms with E-state index in [9.17, 15) is 13.2 Å². The maximum atomic E-state index is 11.3. The van der Waals surface area contributed by atoms with Crippen LogP contribution in [0, 0.1) is 0 Å². The molecule has 1 aliphatic rings. The first-order valence-corrected chi connectivity index (χ1v) is 8.10. The molecule has 1 saturated heterocycles. The highest BCUT2D eigenvalue weighted by Gasteiger charge is 2.30. The molecule has 1 aliphatic heterocycles. The Labute approximate surface area is 119 Å². The minimum atomic E-state index is -3.43. The van der Waals surface area contributed by atoms with Crippen molar-refractivity contribution >= 4 is 16.2 Å². The minimum Gasteiger partial charge on any atom is -0.444 e. The number of rotatable bonds is 8.